The predicted molar refractivity (Wildman–Crippen MR) is 87.8 cm³/mol. The maximum atomic E-state index is 12.0. The summed E-state index contributed by atoms with van der Waals surface area (Å²) >= 11 is 0. The van der Waals surface area contributed by atoms with Gasteiger partial charge < -0.3 is 15.0 Å². The number of hydrogen-bond donors (Lipinski definition) is 1. The molecule has 22 heavy (non-hydrogen) atoms. The van der Waals surface area contributed by atoms with Crippen molar-refractivity contribution < 1.29 is 17.9 Å². The van der Waals surface area contributed by atoms with Crippen LogP contribution in [0.4, 0.5) is 4.79 Å². The van der Waals surface area contributed by atoms with Gasteiger partial charge in [0, 0.05) is 19.1 Å². The summed E-state index contributed by atoms with van der Waals surface area (Å²) in [6.45, 7) is 9.40. The number of nitrogens with zero attached hydrogens (tertiary/aromatic N) is 1. The van der Waals surface area contributed by atoms with E-state index in [1.54, 1.807) is 4.90 Å². The number of carbonyl (C=O) groups is 1. The van der Waals surface area contributed by atoms with Crippen LogP contribution in [0.1, 0.15) is 47.0 Å². The molecule has 1 unspecified atom stereocenters. The van der Waals surface area contributed by atoms with Crippen LogP contribution < -0.4 is 5.32 Å². The molecule has 6 nitrogen and oxygen atoms in total. The molecule has 0 spiro atoms. The van der Waals surface area contributed by atoms with E-state index in [0.717, 1.165) is 19.3 Å². The van der Waals surface area contributed by atoms with Crippen molar-refractivity contribution in [3.05, 3.63) is 0 Å². The van der Waals surface area contributed by atoms with Gasteiger partial charge in [0.2, 0.25) is 0 Å². The molecule has 0 aliphatic carbocycles. The van der Waals surface area contributed by atoms with Crippen molar-refractivity contribution in [3.63, 3.8) is 0 Å². The van der Waals surface area contributed by atoms with Crippen molar-refractivity contribution >= 4 is 15.9 Å². The highest BCUT2D eigenvalue weighted by Gasteiger charge is 2.24. The van der Waals surface area contributed by atoms with E-state index in [0.29, 0.717) is 25.4 Å². The van der Waals surface area contributed by atoms with Gasteiger partial charge in [0.25, 0.3) is 0 Å². The first-order valence-corrected chi connectivity index (χ1v) is 9.87. The van der Waals surface area contributed by atoms with Crippen LogP contribution >= 0.6 is 0 Å². The molecule has 0 aromatic heterocycles. The van der Waals surface area contributed by atoms with Gasteiger partial charge in [0.05, 0.1) is 11.5 Å². The van der Waals surface area contributed by atoms with Gasteiger partial charge in [-0.05, 0) is 53.5 Å². The highest BCUT2D eigenvalue weighted by atomic mass is 32.2. The molecule has 7 heteroatoms. The third kappa shape index (κ3) is 7.45. The van der Waals surface area contributed by atoms with Crippen LogP contribution in [0, 0.1) is 0 Å². The van der Waals surface area contributed by atoms with Crippen LogP contribution in [-0.4, -0.2) is 62.2 Å². The largest absolute Gasteiger partial charge is 0.444 e. The maximum Gasteiger partial charge on any atom is 0.410 e. The van der Waals surface area contributed by atoms with Crippen molar-refractivity contribution in [2.45, 2.75) is 58.6 Å². The first kappa shape index (κ1) is 19.2. The second kappa shape index (κ2) is 8.15. The monoisotopic (exact) mass is 334 g/mol. The number of carbonyl (C=O) groups excluding carboxylic acids is 1. The Morgan fingerprint density at radius 2 is 2.05 bits per heavy atom. The molecule has 1 amide bonds. The Morgan fingerprint density at radius 1 is 1.36 bits per heavy atom. The van der Waals surface area contributed by atoms with E-state index in [1.807, 2.05) is 27.7 Å². The molecule has 0 bridgehead atoms. The molecule has 1 aliphatic heterocycles. The third-order valence-corrected chi connectivity index (χ3v) is 5.36. The van der Waals surface area contributed by atoms with Crippen LogP contribution in [-0.2, 0) is 14.6 Å². The van der Waals surface area contributed by atoms with Gasteiger partial charge in [-0.3, -0.25) is 0 Å². The highest BCUT2D eigenvalue weighted by molar-refractivity contribution is 7.91. The third-order valence-electron chi connectivity index (χ3n) is 3.53. The zero-order chi connectivity index (χ0) is 16.8. The number of hydrogen-bond acceptors (Lipinski definition) is 5. The smallest absolute Gasteiger partial charge is 0.410 e. The minimum absolute atomic E-state index is 0.0513. The Hall–Kier alpha value is -0.820. The van der Waals surface area contributed by atoms with Crippen LogP contribution in [0.5, 0.6) is 0 Å². The Kier molecular flexibility index (Phi) is 7.12. The van der Waals surface area contributed by atoms with Crippen molar-refractivity contribution in [2.75, 3.05) is 31.1 Å². The zero-order valence-electron chi connectivity index (χ0n) is 14.2. The first-order chi connectivity index (χ1) is 10.1. The summed E-state index contributed by atoms with van der Waals surface area (Å²) in [6.07, 6.45) is 2.13. The minimum atomic E-state index is -2.87. The van der Waals surface area contributed by atoms with Gasteiger partial charge in [-0.1, -0.05) is 0 Å². The Balaban J connectivity index is 2.28. The van der Waals surface area contributed by atoms with Gasteiger partial charge in [0.1, 0.15) is 5.60 Å². The zero-order valence-corrected chi connectivity index (χ0v) is 15.0. The van der Waals surface area contributed by atoms with Gasteiger partial charge in [-0.2, -0.15) is 0 Å². The van der Waals surface area contributed by atoms with E-state index >= 15 is 0 Å². The van der Waals surface area contributed by atoms with Crippen molar-refractivity contribution in [1.29, 1.82) is 0 Å². The first-order valence-electron chi connectivity index (χ1n) is 8.04. The van der Waals surface area contributed by atoms with Gasteiger partial charge in [-0.25, -0.2) is 13.2 Å². The molecule has 1 N–H and O–H groups in total. The van der Waals surface area contributed by atoms with Crippen molar-refractivity contribution in [3.8, 4) is 0 Å². The van der Waals surface area contributed by atoms with Crippen LogP contribution in [0.25, 0.3) is 0 Å². The van der Waals surface area contributed by atoms with Gasteiger partial charge >= 0.3 is 6.09 Å². The Labute approximate surface area is 134 Å². The molecule has 0 aromatic carbocycles. The molecule has 1 rings (SSSR count). The van der Waals surface area contributed by atoms with Gasteiger partial charge in [0.15, 0.2) is 9.84 Å². The number of ether oxygens (including phenoxy) is 1. The molecule has 1 heterocycles. The fraction of sp³-hybridized carbons (Fsp3) is 0.933. The number of amides is 1. The summed E-state index contributed by atoms with van der Waals surface area (Å²) in [5.74, 6) is 0.546. The average molecular weight is 334 g/mol. The second-order valence-electron chi connectivity index (χ2n) is 6.82. The standard InChI is InChI=1S/C15H30N2O4S/c1-5-17(14(18)21-15(2,3)4)10-7-9-16-13-8-6-11-22(19,20)12-13/h13,16H,5-12H2,1-4H3. The van der Waals surface area contributed by atoms with E-state index < -0.39 is 15.4 Å². The lowest BCUT2D eigenvalue weighted by atomic mass is 10.2. The molecule has 1 aliphatic rings. The van der Waals surface area contributed by atoms with E-state index in [9.17, 15) is 13.2 Å². The molecule has 0 aromatic rings. The summed E-state index contributed by atoms with van der Waals surface area (Å²) in [6, 6.07) is 0.0513. The maximum absolute atomic E-state index is 12.0. The number of sulfone groups is 1. The topological polar surface area (TPSA) is 75.7 Å². The fourth-order valence-electron chi connectivity index (χ4n) is 2.46. The second-order valence-corrected chi connectivity index (χ2v) is 9.05. The summed E-state index contributed by atoms with van der Waals surface area (Å²) in [4.78, 5) is 13.6. The van der Waals surface area contributed by atoms with Gasteiger partial charge in [-0.15, -0.1) is 0 Å². The Morgan fingerprint density at radius 3 is 2.59 bits per heavy atom. The van der Waals surface area contributed by atoms with Crippen LogP contribution in [0.2, 0.25) is 0 Å². The molecule has 130 valence electrons. The molecular weight excluding hydrogens is 304 g/mol. The molecule has 1 atom stereocenters. The number of rotatable bonds is 6. The molecule has 1 fully saturated rings. The summed E-state index contributed by atoms with van der Waals surface area (Å²) in [5, 5.41) is 3.29. The highest BCUT2D eigenvalue weighted by Crippen LogP contribution is 2.12. The van der Waals surface area contributed by atoms with Crippen molar-refractivity contribution in [1.82, 2.24) is 10.2 Å². The van der Waals surface area contributed by atoms with E-state index in [1.165, 1.54) is 0 Å². The minimum Gasteiger partial charge on any atom is -0.444 e. The summed E-state index contributed by atoms with van der Waals surface area (Å²) in [5.41, 5.74) is -0.487. The van der Waals surface area contributed by atoms with E-state index in [2.05, 4.69) is 5.32 Å². The van der Waals surface area contributed by atoms with E-state index in [-0.39, 0.29) is 17.9 Å². The normalized spacial score (nSPS) is 21.4. The predicted octanol–water partition coefficient (Wildman–Crippen LogP) is 1.80. The van der Waals surface area contributed by atoms with Crippen molar-refractivity contribution in [2.24, 2.45) is 0 Å². The fourth-order valence-corrected chi connectivity index (χ4v) is 4.14. The Bertz CT molecular complexity index is 457. The molecule has 0 saturated carbocycles. The average Bonchev–Trinajstić information content (AvgIpc) is 2.35. The molecule has 0 radical (unpaired) electrons. The summed E-state index contributed by atoms with van der Waals surface area (Å²) < 4.78 is 28.5. The lowest BCUT2D eigenvalue weighted by Crippen LogP contribution is -2.42. The number of nitrogens with one attached hydrogen (secondary N) is 1. The lowest BCUT2D eigenvalue weighted by Gasteiger charge is -2.27. The SMILES string of the molecule is CCN(CCCNC1CCCS(=O)(=O)C1)C(=O)OC(C)(C)C. The van der Waals surface area contributed by atoms with Crippen LogP contribution in [0.3, 0.4) is 0 Å². The van der Waals surface area contributed by atoms with E-state index in [4.69, 9.17) is 4.74 Å². The lowest BCUT2D eigenvalue weighted by molar-refractivity contribution is 0.0258. The molecular formula is C15H30N2O4S. The summed E-state index contributed by atoms with van der Waals surface area (Å²) in [7, 11) is -2.87. The quantitative estimate of drug-likeness (QED) is 0.750. The molecule has 1 saturated heterocycles. The van der Waals surface area contributed by atoms with Crippen LogP contribution in [0.15, 0.2) is 0 Å².